The van der Waals surface area contributed by atoms with Gasteiger partial charge in [0.25, 0.3) is 0 Å². The van der Waals surface area contributed by atoms with Crippen LogP contribution in [0.3, 0.4) is 0 Å². The number of anilines is 1. The summed E-state index contributed by atoms with van der Waals surface area (Å²) in [5.74, 6) is -0.307. The predicted octanol–water partition coefficient (Wildman–Crippen LogP) is 3.10. The normalized spacial score (nSPS) is 17.9. The largest absolute Gasteiger partial charge is 0.324 e. The minimum atomic E-state index is -3.86. The molecular formula is C19H20N4O3S2. The topological polar surface area (TPSA) is 92.3 Å². The van der Waals surface area contributed by atoms with Crippen LogP contribution in [0.5, 0.6) is 0 Å². The standard InChI is InChI=1S/C19H20N4O3S2/c1-12-6-3-7-14(13(12)2)20-19(24)16-9-5-11-23(16)28(25,26)17-10-4-8-15-18(17)22-27-21-15/h3-4,6-8,10,16H,5,9,11H2,1-2H3,(H,20,24)/t16-/m1/s1. The van der Waals surface area contributed by atoms with Crippen LogP contribution in [0.15, 0.2) is 41.3 Å². The Morgan fingerprint density at radius 2 is 1.96 bits per heavy atom. The van der Waals surface area contributed by atoms with Gasteiger partial charge in [-0.15, -0.1) is 0 Å². The lowest BCUT2D eigenvalue weighted by molar-refractivity contribution is -0.119. The second-order valence-electron chi connectivity index (χ2n) is 6.90. The number of nitrogens with one attached hydrogen (secondary N) is 1. The number of hydrogen-bond donors (Lipinski definition) is 1. The van der Waals surface area contributed by atoms with E-state index in [1.54, 1.807) is 12.1 Å². The number of carbonyl (C=O) groups excluding carboxylic acids is 1. The Bertz CT molecular complexity index is 1160. The summed E-state index contributed by atoms with van der Waals surface area (Å²) < 4.78 is 36.2. The molecule has 2 aromatic carbocycles. The van der Waals surface area contributed by atoms with Gasteiger partial charge in [-0.2, -0.15) is 13.1 Å². The van der Waals surface area contributed by atoms with Crippen LogP contribution >= 0.6 is 11.7 Å². The van der Waals surface area contributed by atoms with Crippen molar-refractivity contribution in [3.63, 3.8) is 0 Å². The average molecular weight is 417 g/mol. The van der Waals surface area contributed by atoms with E-state index in [2.05, 4.69) is 14.1 Å². The van der Waals surface area contributed by atoms with E-state index in [4.69, 9.17) is 0 Å². The molecule has 0 saturated carbocycles. The third-order valence-electron chi connectivity index (χ3n) is 5.20. The molecule has 0 unspecified atom stereocenters. The van der Waals surface area contributed by atoms with Crippen molar-refractivity contribution in [2.24, 2.45) is 0 Å². The lowest BCUT2D eigenvalue weighted by Gasteiger charge is -2.24. The molecule has 1 N–H and O–H groups in total. The highest BCUT2D eigenvalue weighted by Crippen LogP contribution is 2.30. The minimum absolute atomic E-state index is 0.102. The summed E-state index contributed by atoms with van der Waals surface area (Å²) in [6.07, 6.45) is 1.12. The van der Waals surface area contributed by atoms with Gasteiger partial charge in [-0.1, -0.05) is 18.2 Å². The second kappa shape index (κ2) is 7.23. The minimum Gasteiger partial charge on any atom is -0.324 e. The molecule has 0 spiro atoms. The zero-order valence-electron chi connectivity index (χ0n) is 15.5. The Morgan fingerprint density at radius 3 is 2.79 bits per heavy atom. The molecule has 2 heterocycles. The van der Waals surface area contributed by atoms with E-state index in [1.165, 1.54) is 10.4 Å². The van der Waals surface area contributed by atoms with Crippen LogP contribution in [0.2, 0.25) is 0 Å². The molecule has 0 radical (unpaired) electrons. The molecule has 0 bridgehead atoms. The number of fused-ring (bicyclic) bond motifs is 1. The highest BCUT2D eigenvalue weighted by Gasteiger charge is 2.40. The maximum absolute atomic E-state index is 13.3. The fraction of sp³-hybridized carbons (Fsp3) is 0.316. The van der Waals surface area contributed by atoms with Crippen molar-refractivity contribution in [2.75, 3.05) is 11.9 Å². The van der Waals surface area contributed by atoms with Crippen molar-refractivity contribution in [3.8, 4) is 0 Å². The first-order valence-corrected chi connectivity index (χ1v) is 11.2. The lowest BCUT2D eigenvalue weighted by atomic mass is 10.1. The summed E-state index contributed by atoms with van der Waals surface area (Å²) in [5, 5.41) is 2.91. The molecule has 4 rings (SSSR count). The van der Waals surface area contributed by atoms with E-state index >= 15 is 0 Å². The Balaban J connectivity index is 1.65. The van der Waals surface area contributed by atoms with Crippen LogP contribution in [-0.4, -0.2) is 40.0 Å². The summed E-state index contributed by atoms with van der Waals surface area (Å²) >= 11 is 0.975. The summed E-state index contributed by atoms with van der Waals surface area (Å²) in [6.45, 7) is 4.21. The molecule has 1 aliphatic rings. The fourth-order valence-electron chi connectivity index (χ4n) is 3.51. The average Bonchev–Trinajstić information content (AvgIpc) is 3.34. The third-order valence-corrected chi connectivity index (χ3v) is 7.69. The maximum Gasteiger partial charge on any atom is 0.246 e. The van der Waals surface area contributed by atoms with Gasteiger partial charge in [0.15, 0.2) is 0 Å². The van der Waals surface area contributed by atoms with Crippen molar-refractivity contribution >= 4 is 44.4 Å². The Kier molecular flexibility index (Phi) is 4.90. The molecular weight excluding hydrogens is 396 g/mol. The van der Waals surface area contributed by atoms with E-state index in [0.29, 0.717) is 36.1 Å². The summed E-state index contributed by atoms with van der Waals surface area (Å²) in [4.78, 5) is 13.0. The van der Waals surface area contributed by atoms with E-state index < -0.39 is 16.1 Å². The summed E-state index contributed by atoms with van der Waals surface area (Å²) in [7, 11) is -3.86. The molecule has 1 aromatic heterocycles. The van der Waals surface area contributed by atoms with Crippen LogP contribution in [0, 0.1) is 13.8 Å². The van der Waals surface area contributed by atoms with Gasteiger partial charge in [-0.25, -0.2) is 8.42 Å². The second-order valence-corrected chi connectivity index (χ2v) is 9.29. The predicted molar refractivity (Wildman–Crippen MR) is 109 cm³/mol. The lowest BCUT2D eigenvalue weighted by Crippen LogP contribution is -2.43. The number of hydrogen-bond acceptors (Lipinski definition) is 6. The first-order chi connectivity index (χ1) is 13.4. The number of aryl methyl sites for hydroxylation is 1. The number of aromatic nitrogens is 2. The van der Waals surface area contributed by atoms with E-state index in [1.807, 2.05) is 32.0 Å². The van der Waals surface area contributed by atoms with E-state index in [-0.39, 0.29) is 10.8 Å². The molecule has 3 aromatic rings. The third kappa shape index (κ3) is 3.19. The van der Waals surface area contributed by atoms with Crippen LogP contribution in [-0.2, 0) is 14.8 Å². The molecule has 28 heavy (non-hydrogen) atoms. The maximum atomic E-state index is 13.3. The van der Waals surface area contributed by atoms with Crippen molar-refractivity contribution in [3.05, 3.63) is 47.5 Å². The molecule has 146 valence electrons. The van der Waals surface area contributed by atoms with Crippen LogP contribution in [0.1, 0.15) is 24.0 Å². The van der Waals surface area contributed by atoms with Gasteiger partial charge in [0.1, 0.15) is 22.0 Å². The smallest absolute Gasteiger partial charge is 0.246 e. The van der Waals surface area contributed by atoms with Crippen molar-refractivity contribution < 1.29 is 13.2 Å². The number of nitrogens with zero attached hydrogens (tertiary/aromatic N) is 3. The van der Waals surface area contributed by atoms with Gasteiger partial charge in [-0.3, -0.25) is 4.79 Å². The zero-order chi connectivity index (χ0) is 19.9. The molecule has 1 fully saturated rings. The van der Waals surface area contributed by atoms with E-state index in [0.717, 1.165) is 22.9 Å². The SMILES string of the molecule is Cc1cccc(NC(=O)[C@H]2CCCN2S(=O)(=O)c2cccc3nsnc23)c1C. The monoisotopic (exact) mass is 416 g/mol. The quantitative estimate of drug-likeness (QED) is 0.706. The number of carbonyl (C=O) groups is 1. The van der Waals surface area contributed by atoms with Gasteiger partial charge in [0.2, 0.25) is 15.9 Å². The van der Waals surface area contributed by atoms with Gasteiger partial charge in [0.05, 0.1) is 11.7 Å². The first kappa shape index (κ1) is 19.0. The van der Waals surface area contributed by atoms with Gasteiger partial charge >= 0.3 is 0 Å². The number of sulfonamides is 1. The highest BCUT2D eigenvalue weighted by molar-refractivity contribution is 7.89. The van der Waals surface area contributed by atoms with E-state index in [9.17, 15) is 13.2 Å². The molecule has 1 saturated heterocycles. The number of amides is 1. The van der Waals surface area contributed by atoms with Crippen molar-refractivity contribution in [2.45, 2.75) is 37.6 Å². The molecule has 1 atom stereocenters. The van der Waals surface area contributed by atoms with Crippen molar-refractivity contribution in [1.29, 1.82) is 0 Å². The fourth-order valence-corrected chi connectivity index (χ4v) is 5.92. The molecule has 0 aliphatic carbocycles. The number of rotatable bonds is 4. The Morgan fingerprint density at radius 1 is 1.18 bits per heavy atom. The number of benzene rings is 2. The molecule has 1 aliphatic heterocycles. The van der Waals surface area contributed by atoms with Crippen LogP contribution < -0.4 is 5.32 Å². The van der Waals surface area contributed by atoms with Gasteiger partial charge in [-0.05, 0) is 56.0 Å². The Labute approximate surface area is 167 Å². The molecule has 1 amide bonds. The van der Waals surface area contributed by atoms with Gasteiger partial charge < -0.3 is 5.32 Å². The van der Waals surface area contributed by atoms with Gasteiger partial charge in [0, 0.05) is 12.2 Å². The van der Waals surface area contributed by atoms with Crippen LogP contribution in [0.4, 0.5) is 5.69 Å². The highest BCUT2D eigenvalue weighted by atomic mass is 32.2. The molecule has 7 nitrogen and oxygen atoms in total. The first-order valence-electron chi connectivity index (χ1n) is 9.00. The molecule has 9 heteroatoms. The zero-order valence-corrected chi connectivity index (χ0v) is 17.2. The summed E-state index contributed by atoms with van der Waals surface area (Å²) in [5.41, 5.74) is 3.65. The Hall–Kier alpha value is -2.36. The summed E-state index contributed by atoms with van der Waals surface area (Å²) in [6, 6.07) is 9.83. The van der Waals surface area contributed by atoms with Crippen LogP contribution in [0.25, 0.3) is 11.0 Å². The van der Waals surface area contributed by atoms with Crippen molar-refractivity contribution in [1.82, 2.24) is 13.1 Å².